The molecule has 0 radical (unpaired) electrons. The van der Waals surface area contributed by atoms with Gasteiger partial charge in [0.25, 0.3) is 0 Å². The molecule has 1 aliphatic rings. The van der Waals surface area contributed by atoms with Crippen molar-refractivity contribution >= 4 is 11.8 Å². The number of hydrogen-bond acceptors (Lipinski definition) is 4. The van der Waals surface area contributed by atoms with E-state index in [0.717, 1.165) is 5.16 Å². The summed E-state index contributed by atoms with van der Waals surface area (Å²) >= 11 is 1.81. The van der Waals surface area contributed by atoms with Gasteiger partial charge in [-0.2, -0.15) is 0 Å². The summed E-state index contributed by atoms with van der Waals surface area (Å²) in [5.41, 5.74) is 0.444. The van der Waals surface area contributed by atoms with Crippen LogP contribution in [0, 0.1) is 5.41 Å². The Bertz CT molecular complexity index is 353. The van der Waals surface area contributed by atoms with Crippen LogP contribution in [0.2, 0.25) is 0 Å². The first-order valence-corrected chi connectivity index (χ1v) is 7.10. The quantitative estimate of drug-likeness (QED) is 0.838. The summed E-state index contributed by atoms with van der Waals surface area (Å²) in [6.07, 6.45) is 7.40. The molecule has 17 heavy (non-hydrogen) atoms. The van der Waals surface area contributed by atoms with Gasteiger partial charge >= 0.3 is 0 Å². The van der Waals surface area contributed by atoms with Crippen LogP contribution in [-0.2, 0) is 0 Å². The molecule has 0 aliphatic heterocycles. The molecule has 1 saturated carbocycles. The van der Waals surface area contributed by atoms with E-state index in [1.54, 1.807) is 0 Å². The van der Waals surface area contributed by atoms with Crippen LogP contribution in [0.5, 0.6) is 0 Å². The molecule has 1 aromatic rings. The second-order valence-corrected chi connectivity index (χ2v) is 6.70. The van der Waals surface area contributed by atoms with E-state index in [1.165, 1.54) is 19.3 Å². The van der Waals surface area contributed by atoms with Crippen LogP contribution in [0.3, 0.4) is 0 Å². The van der Waals surface area contributed by atoms with Crippen molar-refractivity contribution in [1.82, 2.24) is 15.3 Å². The van der Waals surface area contributed by atoms with Gasteiger partial charge in [0.15, 0.2) is 5.16 Å². The normalized spacial score (nSPS) is 27.9. The van der Waals surface area contributed by atoms with Gasteiger partial charge in [0, 0.05) is 23.7 Å². The summed E-state index contributed by atoms with van der Waals surface area (Å²) in [5.74, 6) is 0. The summed E-state index contributed by atoms with van der Waals surface area (Å²) in [6, 6.07) is 2.45. The van der Waals surface area contributed by atoms with Crippen molar-refractivity contribution in [3.05, 3.63) is 18.5 Å². The average Bonchev–Trinajstić information content (AvgIpc) is 2.30. The molecule has 1 fully saturated rings. The largest absolute Gasteiger partial charge is 0.316 e. The molecule has 0 saturated heterocycles. The minimum absolute atomic E-state index is 0.444. The fourth-order valence-electron chi connectivity index (χ4n) is 2.46. The molecule has 0 aromatic carbocycles. The molecule has 0 spiro atoms. The second-order valence-electron chi connectivity index (χ2n) is 5.49. The van der Waals surface area contributed by atoms with E-state index in [-0.39, 0.29) is 0 Å². The molecule has 94 valence electrons. The van der Waals surface area contributed by atoms with E-state index in [4.69, 9.17) is 0 Å². The van der Waals surface area contributed by atoms with Gasteiger partial charge in [0.1, 0.15) is 0 Å². The molecule has 0 amide bonds. The van der Waals surface area contributed by atoms with Gasteiger partial charge in [0.05, 0.1) is 0 Å². The highest BCUT2D eigenvalue weighted by Crippen LogP contribution is 2.41. The maximum atomic E-state index is 4.31. The third kappa shape index (κ3) is 3.42. The zero-order valence-corrected chi connectivity index (χ0v) is 11.6. The SMILES string of the molecule is CNC1CCC(C)(C)CC1Sc1ncccn1. The van der Waals surface area contributed by atoms with Crippen LogP contribution in [-0.4, -0.2) is 28.3 Å². The molecule has 0 bridgehead atoms. The first kappa shape index (κ1) is 12.8. The monoisotopic (exact) mass is 251 g/mol. The average molecular weight is 251 g/mol. The lowest BCUT2D eigenvalue weighted by Gasteiger charge is -2.40. The number of nitrogens with zero attached hydrogens (tertiary/aromatic N) is 2. The summed E-state index contributed by atoms with van der Waals surface area (Å²) in [5, 5.41) is 4.91. The fraction of sp³-hybridized carbons (Fsp3) is 0.692. The Hall–Kier alpha value is -0.610. The highest BCUT2D eigenvalue weighted by atomic mass is 32.2. The van der Waals surface area contributed by atoms with Crippen LogP contribution in [0.25, 0.3) is 0 Å². The number of hydrogen-bond donors (Lipinski definition) is 1. The molecule has 3 nitrogen and oxygen atoms in total. The van der Waals surface area contributed by atoms with E-state index in [9.17, 15) is 0 Å². The smallest absolute Gasteiger partial charge is 0.187 e. The molecular weight excluding hydrogens is 230 g/mol. The van der Waals surface area contributed by atoms with Gasteiger partial charge in [-0.3, -0.25) is 0 Å². The summed E-state index contributed by atoms with van der Waals surface area (Å²) in [4.78, 5) is 8.63. The zero-order chi connectivity index (χ0) is 12.3. The van der Waals surface area contributed by atoms with Crippen molar-refractivity contribution < 1.29 is 0 Å². The van der Waals surface area contributed by atoms with E-state index >= 15 is 0 Å². The minimum atomic E-state index is 0.444. The molecule has 2 rings (SSSR count). The Morgan fingerprint density at radius 2 is 2.06 bits per heavy atom. The van der Waals surface area contributed by atoms with Gasteiger partial charge in [-0.1, -0.05) is 25.6 Å². The maximum Gasteiger partial charge on any atom is 0.187 e. The minimum Gasteiger partial charge on any atom is -0.316 e. The Balaban J connectivity index is 2.06. The van der Waals surface area contributed by atoms with Crippen LogP contribution in [0.1, 0.15) is 33.1 Å². The molecule has 1 aromatic heterocycles. The first-order chi connectivity index (χ1) is 8.11. The molecule has 2 unspecified atom stereocenters. The first-order valence-electron chi connectivity index (χ1n) is 6.22. The van der Waals surface area contributed by atoms with Crippen molar-refractivity contribution in [2.24, 2.45) is 5.41 Å². The van der Waals surface area contributed by atoms with Crippen LogP contribution in [0.15, 0.2) is 23.6 Å². The van der Waals surface area contributed by atoms with Crippen LogP contribution < -0.4 is 5.32 Å². The highest BCUT2D eigenvalue weighted by Gasteiger charge is 2.35. The molecule has 1 N–H and O–H groups in total. The van der Waals surface area contributed by atoms with Crippen LogP contribution >= 0.6 is 11.8 Å². The number of thioether (sulfide) groups is 1. The van der Waals surface area contributed by atoms with E-state index in [0.29, 0.717) is 16.7 Å². The van der Waals surface area contributed by atoms with Gasteiger partial charge in [-0.15, -0.1) is 0 Å². The molecule has 1 aliphatic carbocycles. The van der Waals surface area contributed by atoms with Crippen molar-refractivity contribution in [1.29, 1.82) is 0 Å². The van der Waals surface area contributed by atoms with Gasteiger partial charge < -0.3 is 5.32 Å². The number of nitrogens with one attached hydrogen (secondary N) is 1. The van der Waals surface area contributed by atoms with Crippen molar-refractivity contribution in [3.63, 3.8) is 0 Å². The van der Waals surface area contributed by atoms with E-state index in [2.05, 4.69) is 36.2 Å². The summed E-state index contributed by atoms with van der Waals surface area (Å²) in [6.45, 7) is 4.72. The van der Waals surface area contributed by atoms with Gasteiger partial charge in [0.2, 0.25) is 0 Å². The summed E-state index contributed by atoms with van der Waals surface area (Å²) < 4.78 is 0. The second kappa shape index (κ2) is 5.36. The standard InChI is InChI=1S/C13H21N3S/c1-13(2)6-5-10(14-3)11(9-13)17-12-15-7-4-8-16-12/h4,7-8,10-11,14H,5-6,9H2,1-3H3. The van der Waals surface area contributed by atoms with Crippen LogP contribution in [0.4, 0.5) is 0 Å². The Labute approximate surface area is 108 Å². The predicted molar refractivity (Wildman–Crippen MR) is 72.2 cm³/mol. The predicted octanol–water partition coefficient (Wildman–Crippen LogP) is 2.74. The maximum absolute atomic E-state index is 4.31. The third-order valence-electron chi connectivity index (χ3n) is 3.50. The number of aromatic nitrogens is 2. The Morgan fingerprint density at radius 1 is 1.35 bits per heavy atom. The fourth-order valence-corrected chi connectivity index (χ4v) is 3.94. The van der Waals surface area contributed by atoms with Crippen molar-refractivity contribution in [2.75, 3.05) is 7.05 Å². The lowest BCUT2D eigenvalue weighted by molar-refractivity contribution is 0.218. The molecule has 1 heterocycles. The Kier molecular flexibility index (Phi) is 4.05. The van der Waals surface area contributed by atoms with Gasteiger partial charge in [-0.25, -0.2) is 9.97 Å². The third-order valence-corrected chi connectivity index (χ3v) is 4.72. The Morgan fingerprint density at radius 3 is 2.71 bits per heavy atom. The van der Waals surface area contributed by atoms with E-state index < -0.39 is 0 Å². The highest BCUT2D eigenvalue weighted by molar-refractivity contribution is 7.99. The zero-order valence-electron chi connectivity index (χ0n) is 10.8. The summed E-state index contributed by atoms with van der Waals surface area (Å²) in [7, 11) is 2.06. The lowest BCUT2D eigenvalue weighted by atomic mass is 9.75. The molecular formula is C13H21N3S. The number of rotatable bonds is 3. The molecule has 4 heteroatoms. The molecule has 2 atom stereocenters. The van der Waals surface area contributed by atoms with E-state index in [1.807, 2.05) is 30.2 Å². The van der Waals surface area contributed by atoms with Crippen molar-refractivity contribution in [2.45, 2.75) is 49.6 Å². The van der Waals surface area contributed by atoms with Crippen molar-refractivity contribution in [3.8, 4) is 0 Å². The topological polar surface area (TPSA) is 37.8 Å². The van der Waals surface area contributed by atoms with Gasteiger partial charge in [-0.05, 0) is 37.8 Å². The lowest BCUT2D eigenvalue weighted by Crippen LogP contribution is -2.43.